The maximum atomic E-state index is 12.9. The second-order valence-corrected chi connectivity index (χ2v) is 8.46. The molecule has 13 heteroatoms. The summed E-state index contributed by atoms with van der Waals surface area (Å²) in [7, 11) is -3.85. The molecule has 1 aromatic rings. The van der Waals surface area contributed by atoms with Crippen LogP contribution in [0.4, 0.5) is 0 Å². The first kappa shape index (κ1) is 18.4. The van der Waals surface area contributed by atoms with Crippen LogP contribution < -0.4 is 11.2 Å². The van der Waals surface area contributed by atoms with Crippen molar-refractivity contribution in [1.82, 2.24) is 9.55 Å². The van der Waals surface area contributed by atoms with E-state index in [1.807, 2.05) is 0 Å². The Morgan fingerprint density at radius 3 is 2.89 bits per heavy atom. The van der Waals surface area contributed by atoms with Gasteiger partial charge in [0.1, 0.15) is 17.7 Å². The lowest BCUT2D eigenvalue weighted by Crippen LogP contribution is -2.48. The average molecular weight is 399 g/mol. The zero-order valence-corrected chi connectivity index (χ0v) is 15.3. The molecule has 146 valence electrons. The lowest BCUT2D eigenvalue weighted by atomic mass is 9.93. The Balaban J connectivity index is 1.68. The summed E-state index contributed by atoms with van der Waals surface area (Å²) < 4.78 is 36.2. The number of azide groups is 1. The highest BCUT2D eigenvalue weighted by molar-refractivity contribution is 7.48. The number of phosphoric ester groups is 1. The number of phosphoric acid groups is 1. The van der Waals surface area contributed by atoms with E-state index >= 15 is 0 Å². The molecule has 1 N–H and O–H groups in total. The van der Waals surface area contributed by atoms with Crippen LogP contribution in [0.25, 0.3) is 10.4 Å². The third-order valence-electron chi connectivity index (χ3n) is 5.05. The first-order chi connectivity index (χ1) is 12.8. The van der Waals surface area contributed by atoms with Crippen molar-refractivity contribution >= 4 is 7.82 Å². The number of fused-ring (bicyclic) bond motifs is 1. The number of ether oxygens (including phenoxy) is 1. The minimum absolute atomic E-state index is 0.111. The molecule has 0 bridgehead atoms. The van der Waals surface area contributed by atoms with Gasteiger partial charge in [0.25, 0.3) is 5.56 Å². The van der Waals surface area contributed by atoms with E-state index in [1.165, 1.54) is 13.1 Å². The van der Waals surface area contributed by atoms with Gasteiger partial charge in [-0.1, -0.05) is 5.11 Å². The van der Waals surface area contributed by atoms with Crippen molar-refractivity contribution in [2.24, 2.45) is 5.11 Å². The molecule has 1 aliphatic carbocycles. The molecule has 27 heavy (non-hydrogen) atoms. The van der Waals surface area contributed by atoms with Crippen molar-refractivity contribution in [3.8, 4) is 0 Å². The summed E-state index contributed by atoms with van der Waals surface area (Å²) in [6.07, 6.45) is 0.764. The van der Waals surface area contributed by atoms with E-state index in [-0.39, 0.29) is 12.7 Å². The Kier molecular flexibility index (Phi) is 4.50. The van der Waals surface area contributed by atoms with Gasteiger partial charge >= 0.3 is 13.5 Å². The molecule has 1 unspecified atom stereocenters. The molecule has 4 rings (SSSR count). The zero-order valence-electron chi connectivity index (χ0n) is 14.4. The van der Waals surface area contributed by atoms with Crippen molar-refractivity contribution in [3.63, 3.8) is 0 Å². The molecule has 0 aromatic carbocycles. The number of nitrogens with one attached hydrogen (secondary N) is 1. The summed E-state index contributed by atoms with van der Waals surface area (Å²) in [5, 5.41) is 3.79. The van der Waals surface area contributed by atoms with E-state index < -0.39 is 43.0 Å². The van der Waals surface area contributed by atoms with Crippen molar-refractivity contribution in [2.75, 3.05) is 6.61 Å². The van der Waals surface area contributed by atoms with Crippen LogP contribution >= 0.6 is 7.82 Å². The van der Waals surface area contributed by atoms with E-state index in [0.29, 0.717) is 0 Å². The number of rotatable bonds is 4. The molecule has 2 aliphatic heterocycles. The highest BCUT2D eigenvalue weighted by atomic mass is 31.2. The van der Waals surface area contributed by atoms with E-state index in [4.69, 9.17) is 23.8 Å². The van der Waals surface area contributed by atoms with Crippen molar-refractivity contribution in [1.29, 1.82) is 0 Å². The summed E-state index contributed by atoms with van der Waals surface area (Å²) in [6, 6.07) is 1.14. The van der Waals surface area contributed by atoms with Crippen LogP contribution in [-0.4, -0.2) is 40.0 Å². The number of hydrogen-bond acceptors (Lipinski definition) is 8. The minimum atomic E-state index is -3.85. The Morgan fingerprint density at radius 1 is 1.48 bits per heavy atom. The Morgan fingerprint density at radius 2 is 2.26 bits per heavy atom. The van der Waals surface area contributed by atoms with Gasteiger partial charge in [-0.2, -0.15) is 0 Å². The lowest BCUT2D eigenvalue weighted by Gasteiger charge is -2.37. The molecule has 1 saturated carbocycles. The normalized spacial score (nSPS) is 38.6. The average Bonchev–Trinajstić information content (AvgIpc) is 2.84. The number of H-pyrrole nitrogens is 1. The van der Waals surface area contributed by atoms with Gasteiger partial charge in [-0.3, -0.25) is 27.9 Å². The van der Waals surface area contributed by atoms with Gasteiger partial charge in [-0.05, 0) is 31.7 Å². The van der Waals surface area contributed by atoms with E-state index in [0.717, 1.165) is 29.9 Å². The summed E-state index contributed by atoms with van der Waals surface area (Å²) in [5.41, 5.74) is 6.32. The Bertz CT molecular complexity index is 952. The molecule has 1 aromatic heterocycles. The predicted octanol–water partition coefficient (Wildman–Crippen LogP) is 1.60. The summed E-state index contributed by atoms with van der Waals surface area (Å²) in [5.74, 6) is 0. The summed E-state index contributed by atoms with van der Waals surface area (Å²) >= 11 is 0. The van der Waals surface area contributed by atoms with Crippen LogP contribution in [0, 0.1) is 0 Å². The SMILES string of the molecule is C[C@@]1(N=[N+]=[N-])[C@@H]2OP(=O)(OC3CCC3)OC[C@H]2O[C@H]1n1ccc(=O)[nH]c1=O. The highest BCUT2D eigenvalue weighted by Crippen LogP contribution is 2.61. The molecule has 3 fully saturated rings. The Labute approximate surface area is 152 Å². The zero-order chi connectivity index (χ0) is 19.2. The first-order valence-corrected chi connectivity index (χ1v) is 9.95. The molecule has 3 aliphatic rings. The fraction of sp³-hybridized carbons (Fsp3) is 0.714. The summed E-state index contributed by atoms with van der Waals surface area (Å²) in [4.78, 5) is 28.5. The topological polar surface area (TPSA) is 158 Å². The minimum Gasteiger partial charge on any atom is -0.349 e. The number of aromatic nitrogens is 2. The van der Waals surface area contributed by atoms with Gasteiger partial charge in [0.15, 0.2) is 6.23 Å². The van der Waals surface area contributed by atoms with Crippen molar-refractivity contribution in [3.05, 3.63) is 43.5 Å². The molecule has 0 amide bonds. The fourth-order valence-electron chi connectivity index (χ4n) is 3.40. The second-order valence-electron chi connectivity index (χ2n) is 6.89. The first-order valence-electron chi connectivity index (χ1n) is 8.49. The van der Waals surface area contributed by atoms with Gasteiger partial charge in [0.2, 0.25) is 0 Å². The maximum Gasteiger partial charge on any atom is 0.475 e. The van der Waals surface area contributed by atoms with E-state index in [1.54, 1.807) is 0 Å². The van der Waals surface area contributed by atoms with Gasteiger partial charge in [0, 0.05) is 17.2 Å². The maximum absolute atomic E-state index is 12.9. The quantitative estimate of drug-likeness (QED) is 0.348. The largest absolute Gasteiger partial charge is 0.475 e. The van der Waals surface area contributed by atoms with Crippen LogP contribution in [0.5, 0.6) is 0 Å². The van der Waals surface area contributed by atoms with Gasteiger partial charge < -0.3 is 4.74 Å². The monoisotopic (exact) mass is 399 g/mol. The molecular formula is C14H18N5O7P. The standard InChI is InChI=1S/C14H18N5O7P/c1-14(17-18-15)11-9(7-23-27(22,26-11)25-8-3-2-4-8)24-12(14)19-6-5-10(20)16-13(19)21/h5-6,8-9,11-12H,2-4,7H2,1H3,(H,16,20,21)/t9-,11-,12-,14-,27?/m1/s1. The number of nitrogens with zero attached hydrogens (tertiary/aromatic N) is 4. The van der Waals surface area contributed by atoms with Crippen LogP contribution in [-0.2, 0) is 22.9 Å². The fourth-order valence-corrected chi connectivity index (χ4v) is 5.11. The molecule has 12 nitrogen and oxygen atoms in total. The lowest BCUT2D eigenvalue weighted by molar-refractivity contribution is -0.0800. The third-order valence-corrected chi connectivity index (χ3v) is 6.56. The molecular weight excluding hydrogens is 381 g/mol. The number of aromatic amines is 1. The van der Waals surface area contributed by atoms with Crippen LogP contribution in [0.1, 0.15) is 32.4 Å². The third kappa shape index (κ3) is 3.14. The van der Waals surface area contributed by atoms with E-state index in [2.05, 4.69) is 15.0 Å². The second kappa shape index (κ2) is 6.59. The van der Waals surface area contributed by atoms with Gasteiger partial charge in [-0.25, -0.2) is 9.36 Å². The predicted molar refractivity (Wildman–Crippen MR) is 89.9 cm³/mol. The van der Waals surface area contributed by atoms with Crippen molar-refractivity contribution in [2.45, 2.75) is 56.3 Å². The van der Waals surface area contributed by atoms with Crippen LogP contribution in [0.3, 0.4) is 0 Å². The molecule has 2 saturated heterocycles. The van der Waals surface area contributed by atoms with Gasteiger partial charge in [-0.15, -0.1) is 0 Å². The van der Waals surface area contributed by atoms with Crippen molar-refractivity contribution < 1.29 is 22.9 Å². The van der Waals surface area contributed by atoms with Crippen LogP contribution in [0.15, 0.2) is 27.0 Å². The molecule has 5 atom stereocenters. The Hall–Kier alpha value is -1.94. The molecule has 0 radical (unpaired) electrons. The van der Waals surface area contributed by atoms with Crippen LogP contribution in [0.2, 0.25) is 0 Å². The van der Waals surface area contributed by atoms with E-state index in [9.17, 15) is 14.2 Å². The smallest absolute Gasteiger partial charge is 0.349 e. The number of hydrogen-bond donors (Lipinski definition) is 1. The van der Waals surface area contributed by atoms with Gasteiger partial charge in [0.05, 0.1) is 12.7 Å². The highest BCUT2D eigenvalue weighted by Gasteiger charge is 2.61. The molecule has 3 heterocycles. The molecule has 0 spiro atoms. The summed E-state index contributed by atoms with van der Waals surface area (Å²) in [6.45, 7) is 1.42.